The minimum Gasteiger partial charge on any atom is -0.452 e. The first kappa shape index (κ1) is 43.0. The Morgan fingerprint density at radius 2 is 0.771 bits per heavy atom. The summed E-state index contributed by atoms with van der Waals surface area (Å²) in [4.78, 5) is 10.7. The average Bonchev–Trinajstić information content (AvgIpc) is 3.94. The normalized spacial score (nSPS) is 12.1. The maximum absolute atomic E-state index is 6.81. The molecule has 3 aromatic heterocycles. The molecule has 0 fully saturated rings. The predicted molar refractivity (Wildman–Crippen MR) is 294 cm³/mol. The van der Waals surface area contributed by atoms with E-state index in [1.54, 1.807) is 0 Å². The van der Waals surface area contributed by atoms with Gasteiger partial charge in [0.1, 0.15) is 16.8 Å². The molecule has 0 saturated carbocycles. The highest BCUT2D eigenvalue weighted by atomic mass is 16.3. The molecular formula is C66H53N3O. The Hall–Kier alpha value is -8.34. The van der Waals surface area contributed by atoms with Crippen LogP contribution in [0.5, 0.6) is 0 Å². The number of fused-ring (bicyclic) bond motifs is 6. The number of nitrogens with zero attached hydrogens (tertiary/aromatic N) is 3. The van der Waals surface area contributed by atoms with E-state index in [1.165, 1.54) is 44.2 Å². The van der Waals surface area contributed by atoms with Gasteiger partial charge in [0, 0.05) is 49.5 Å². The second kappa shape index (κ2) is 16.7. The van der Waals surface area contributed by atoms with Gasteiger partial charge in [-0.25, -0.2) is 9.97 Å². The van der Waals surface area contributed by atoms with Crippen LogP contribution in [-0.4, -0.2) is 14.5 Å². The highest BCUT2D eigenvalue weighted by Gasteiger charge is 2.30. The maximum atomic E-state index is 6.81. The summed E-state index contributed by atoms with van der Waals surface area (Å²) in [6, 6.07) is 76.6. The number of para-hydroxylation sites is 1. The smallest absolute Gasteiger partial charge is 0.180 e. The van der Waals surface area contributed by atoms with Crippen LogP contribution in [0.15, 0.2) is 217 Å². The van der Waals surface area contributed by atoms with Gasteiger partial charge in [0.25, 0.3) is 0 Å². The lowest BCUT2D eigenvalue weighted by atomic mass is 9.82. The molecule has 4 nitrogen and oxygen atoms in total. The summed E-state index contributed by atoms with van der Waals surface area (Å²) in [6.07, 6.45) is 0. The zero-order valence-electron chi connectivity index (χ0n) is 40.5. The van der Waals surface area contributed by atoms with E-state index in [0.29, 0.717) is 11.4 Å². The summed E-state index contributed by atoms with van der Waals surface area (Å²) in [5.41, 5.74) is 19.6. The number of hydrogen-bond donors (Lipinski definition) is 0. The van der Waals surface area contributed by atoms with Crippen molar-refractivity contribution in [3.8, 4) is 72.8 Å². The van der Waals surface area contributed by atoms with Gasteiger partial charge in [-0.05, 0) is 92.7 Å². The van der Waals surface area contributed by atoms with Crippen molar-refractivity contribution in [1.82, 2.24) is 14.5 Å². The summed E-state index contributed by atoms with van der Waals surface area (Å²) < 4.78 is 9.43. The van der Waals surface area contributed by atoms with Crippen LogP contribution in [0.25, 0.3) is 117 Å². The molecule has 0 aliphatic rings. The second-order valence-corrected chi connectivity index (χ2v) is 20.6. The first-order valence-electron chi connectivity index (χ1n) is 24.3. The molecular weight excluding hydrogens is 851 g/mol. The van der Waals surface area contributed by atoms with E-state index in [0.717, 1.165) is 72.3 Å². The molecule has 70 heavy (non-hydrogen) atoms. The Morgan fingerprint density at radius 1 is 0.371 bits per heavy atom. The minimum absolute atomic E-state index is 0.125. The van der Waals surface area contributed by atoms with Crippen molar-refractivity contribution in [2.24, 2.45) is 0 Å². The number of rotatable bonds is 7. The number of furan rings is 1. The summed E-state index contributed by atoms with van der Waals surface area (Å²) in [6.45, 7) is 14.0. The Kier molecular flexibility index (Phi) is 10.3. The average molecular weight is 904 g/mol. The maximum Gasteiger partial charge on any atom is 0.180 e. The predicted octanol–water partition coefficient (Wildman–Crippen LogP) is 18.1. The summed E-state index contributed by atoms with van der Waals surface area (Å²) in [7, 11) is 0. The quantitative estimate of drug-likeness (QED) is 0.160. The van der Waals surface area contributed by atoms with Gasteiger partial charge in [-0.15, -0.1) is 0 Å². The lowest BCUT2D eigenvalue weighted by Gasteiger charge is -2.25. The summed E-state index contributed by atoms with van der Waals surface area (Å²) in [5.74, 6) is 0.646. The number of aromatic nitrogens is 3. The van der Waals surface area contributed by atoms with Crippen LogP contribution in [0.1, 0.15) is 52.7 Å². The molecule has 0 N–H and O–H groups in total. The van der Waals surface area contributed by atoms with Crippen LogP contribution in [0, 0.1) is 0 Å². The SMILES string of the molecule is CC(C)(C)c1cc(-c2ccccc2)c2c(c1)c1cc(C(C)(C)C)cc(-c3ccccc3)c1n2-c1c(-c2ccccc2)cc(-c2nc(-c3ccccc3)nc3c2oc2ccccc23)cc1-c1ccccc1. The molecule has 4 heteroatoms. The van der Waals surface area contributed by atoms with Crippen LogP contribution in [0.4, 0.5) is 0 Å². The molecule has 0 spiro atoms. The fraction of sp³-hybridized carbons (Fsp3) is 0.121. The van der Waals surface area contributed by atoms with E-state index < -0.39 is 0 Å². The fourth-order valence-electron chi connectivity index (χ4n) is 10.2. The Bertz CT molecular complexity index is 3740. The van der Waals surface area contributed by atoms with Gasteiger partial charge >= 0.3 is 0 Å². The molecule has 12 aromatic rings. The van der Waals surface area contributed by atoms with Crippen molar-refractivity contribution in [2.75, 3.05) is 0 Å². The third-order valence-corrected chi connectivity index (χ3v) is 13.9. The van der Waals surface area contributed by atoms with Crippen molar-refractivity contribution < 1.29 is 4.42 Å². The van der Waals surface area contributed by atoms with E-state index in [2.05, 4.69) is 222 Å². The van der Waals surface area contributed by atoms with Crippen molar-refractivity contribution in [3.05, 3.63) is 223 Å². The van der Waals surface area contributed by atoms with Crippen LogP contribution in [0.2, 0.25) is 0 Å². The molecule has 0 aliphatic heterocycles. The zero-order valence-corrected chi connectivity index (χ0v) is 40.5. The topological polar surface area (TPSA) is 43.9 Å². The first-order valence-corrected chi connectivity index (χ1v) is 24.3. The van der Waals surface area contributed by atoms with E-state index in [9.17, 15) is 0 Å². The standard InChI is InChI=1S/C66H53N3O/c1-65(2,3)48-38-53(44-28-16-9-17-29-44)61-55(40-48)56-41-49(66(4,5)6)39-54(45-30-18-10-19-31-45)62(56)69(61)60-51(42-24-12-7-13-25-42)36-47(37-52(60)43-26-14-8-15-27-43)58-63-59(50-34-22-23-35-57(50)70-63)68-64(67-58)46-32-20-11-21-33-46/h7-41H,1-6H3. The third kappa shape index (κ3) is 7.39. The molecule has 0 aliphatic carbocycles. The van der Waals surface area contributed by atoms with Crippen LogP contribution in [-0.2, 0) is 10.8 Å². The van der Waals surface area contributed by atoms with Crippen LogP contribution < -0.4 is 0 Å². The summed E-state index contributed by atoms with van der Waals surface area (Å²) >= 11 is 0. The van der Waals surface area contributed by atoms with E-state index in [4.69, 9.17) is 14.4 Å². The fourth-order valence-corrected chi connectivity index (χ4v) is 10.2. The Balaban J connectivity index is 1.32. The first-order chi connectivity index (χ1) is 34.0. The highest BCUT2D eigenvalue weighted by molar-refractivity contribution is 6.19. The van der Waals surface area contributed by atoms with Gasteiger partial charge in [-0.2, -0.15) is 0 Å². The molecule has 3 heterocycles. The Labute approximate surface area is 409 Å². The van der Waals surface area contributed by atoms with Gasteiger partial charge in [-0.3, -0.25) is 0 Å². The largest absolute Gasteiger partial charge is 0.452 e. The molecule has 0 unspecified atom stereocenters. The van der Waals surface area contributed by atoms with Crippen molar-refractivity contribution in [2.45, 2.75) is 52.4 Å². The van der Waals surface area contributed by atoms with E-state index in [1.807, 2.05) is 36.4 Å². The molecule has 338 valence electrons. The van der Waals surface area contributed by atoms with Gasteiger partial charge in [-0.1, -0.05) is 205 Å². The molecule has 0 radical (unpaired) electrons. The zero-order chi connectivity index (χ0) is 47.7. The third-order valence-electron chi connectivity index (χ3n) is 13.9. The van der Waals surface area contributed by atoms with Crippen molar-refractivity contribution >= 4 is 43.9 Å². The summed E-state index contributed by atoms with van der Waals surface area (Å²) in [5, 5.41) is 3.40. The van der Waals surface area contributed by atoms with Crippen molar-refractivity contribution in [1.29, 1.82) is 0 Å². The van der Waals surface area contributed by atoms with Gasteiger partial charge in [0.2, 0.25) is 0 Å². The van der Waals surface area contributed by atoms with E-state index >= 15 is 0 Å². The van der Waals surface area contributed by atoms with Gasteiger partial charge in [0.05, 0.1) is 16.7 Å². The van der Waals surface area contributed by atoms with Gasteiger partial charge in [0.15, 0.2) is 11.4 Å². The number of hydrogen-bond acceptors (Lipinski definition) is 3. The van der Waals surface area contributed by atoms with Gasteiger partial charge < -0.3 is 8.98 Å². The monoisotopic (exact) mass is 903 g/mol. The Morgan fingerprint density at radius 3 is 1.21 bits per heavy atom. The lowest BCUT2D eigenvalue weighted by molar-refractivity contribution is 0.590. The van der Waals surface area contributed by atoms with Crippen LogP contribution >= 0.6 is 0 Å². The van der Waals surface area contributed by atoms with E-state index in [-0.39, 0.29) is 10.8 Å². The number of benzene rings is 9. The molecule has 0 saturated heterocycles. The van der Waals surface area contributed by atoms with Crippen molar-refractivity contribution in [3.63, 3.8) is 0 Å². The molecule has 0 amide bonds. The molecule has 0 atom stereocenters. The highest BCUT2D eigenvalue weighted by Crippen LogP contribution is 2.50. The molecule has 12 rings (SSSR count). The second-order valence-electron chi connectivity index (χ2n) is 20.6. The molecule has 9 aromatic carbocycles. The minimum atomic E-state index is -0.125. The van der Waals surface area contributed by atoms with Crippen LogP contribution in [0.3, 0.4) is 0 Å². The molecule has 0 bridgehead atoms. The lowest BCUT2D eigenvalue weighted by Crippen LogP contribution is -2.11.